The van der Waals surface area contributed by atoms with Gasteiger partial charge in [0.1, 0.15) is 0 Å². The highest BCUT2D eigenvalue weighted by atomic mass is 32.1. The van der Waals surface area contributed by atoms with Crippen LogP contribution in [-0.4, -0.2) is 18.7 Å². The van der Waals surface area contributed by atoms with E-state index in [1.54, 1.807) is 25.3 Å². The van der Waals surface area contributed by atoms with Crippen molar-refractivity contribution in [1.29, 1.82) is 0 Å². The van der Waals surface area contributed by atoms with Gasteiger partial charge in [0.2, 0.25) is 5.91 Å². The molecular weight excluding hydrogens is 399 g/mol. The van der Waals surface area contributed by atoms with Gasteiger partial charge < -0.3 is 11.1 Å². The third-order valence-electron chi connectivity index (χ3n) is 4.64. The second-order valence-electron chi connectivity index (χ2n) is 6.77. The molecule has 1 aliphatic heterocycles. The van der Waals surface area contributed by atoms with Crippen molar-refractivity contribution in [1.82, 2.24) is 5.32 Å². The standard InChI is InChI=1S/C21H22F3N3OS/c1-3-7-27-20(28)14-6-8-26-19-17(10-14)29-12(2)18(19)15-5-4-13(11-25)9-16(15)21(22,23)24/h4-5,8-10H,3,6-7,11,25H2,1-2H3,(H,27,28). The molecule has 1 aromatic heterocycles. The van der Waals surface area contributed by atoms with E-state index in [2.05, 4.69) is 10.3 Å². The Kier molecular flexibility index (Phi) is 6.24. The summed E-state index contributed by atoms with van der Waals surface area (Å²) in [5.41, 5.74) is 6.76. The molecular formula is C21H22F3N3OS. The van der Waals surface area contributed by atoms with Gasteiger partial charge in [-0.2, -0.15) is 13.2 Å². The summed E-state index contributed by atoms with van der Waals surface area (Å²) in [4.78, 5) is 18.2. The maximum absolute atomic E-state index is 13.7. The lowest BCUT2D eigenvalue weighted by molar-refractivity contribution is -0.137. The van der Waals surface area contributed by atoms with Gasteiger partial charge in [-0.25, -0.2) is 0 Å². The number of thiophene rings is 1. The molecule has 0 atom stereocenters. The maximum atomic E-state index is 13.7. The quantitative estimate of drug-likeness (QED) is 0.695. The topological polar surface area (TPSA) is 67.5 Å². The molecule has 0 bridgehead atoms. The fourth-order valence-corrected chi connectivity index (χ4v) is 4.32. The van der Waals surface area contributed by atoms with Gasteiger partial charge in [-0.3, -0.25) is 9.79 Å². The van der Waals surface area contributed by atoms with Crippen LogP contribution in [0.5, 0.6) is 0 Å². The average Bonchev–Trinajstić information content (AvgIpc) is 2.84. The van der Waals surface area contributed by atoms with Gasteiger partial charge in [0, 0.05) is 41.7 Å². The Morgan fingerprint density at radius 3 is 2.76 bits per heavy atom. The van der Waals surface area contributed by atoms with E-state index in [1.165, 1.54) is 17.4 Å². The SMILES string of the molecule is CCCNC(=O)C1=Cc2sc(C)c(-c3ccc(CN)cc3C(F)(F)F)c2N=CC1. The number of aryl methyl sites for hydroxylation is 1. The predicted molar refractivity (Wildman–Crippen MR) is 111 cm³/mol. The minimum Gasteiger partial charge on any atom is -0.352 e. The molecule has 0 radical (unpaired) electrons. The first kappa shape index (κ1) is 21.3. The summed E-state index contributed by atoms with van der Waals surface area (Å²) < 4.78 is 41.2. The third kappa shape index (κ3) is 4.43. The van der Waals surface area contributed by atoms with Gasteiger partial charge in [0.05, 0.1) is 16.1 Å². The van der Waals surface area contributed by atoms with Crippen molar-refractivity contribution in [2.45, 2.75) is 39.4 Å². The molecule has 0 saturated heterocycles. The monoisotopic (exact) mass is 421 g/mol. The molecule has 1 amide bonds. The van der Waals surface area contributed by atoms with Crippen molar-refractivity contribution in [2.75, 3.05) is 6.54 Å². The molecule has 0 aliphatic carbocycles. The fourth-order valence-electron chi connectivity index (χ4n) is 3.23. The van der Waals surface area contributed by atoms with Gasteiger partial charge in [-0.15, -0.1) is 11.3 Å². The second-order valence-corrected chi connectivity index (χ2v) is 8.03. The first-order chi connectivity index (χ1) is 13.8. The van der Waals surface area contributed by atoms with Crippen molar-refractivity contribution in [3.8, 4) is 11.1 Å². The molecule has 8 heteroatoms. The van der Waals surface area contributed by atoms with E-state index in [1.807, 2.05) is 6.92 Å². The van der Waals surface area contributed by atoms with Crippen molar-refractivity contribution < 1.29 is 18.0 Å². The summed E-state index contributed by atoms with van der Waals surface area (Å²) in [6.45, 7) is 4.33. The first-order valence-electron chi connectivity index (χ1n) is 9.31. The highest BCUT2D eigenvalue weighted by molar-refractivity contribution is 7.14. The first-order valence-corrected chi connectivity index (χ1v) is 10.1. The zero-order valence-corrected chi connectivity index (χ0v) is 17.0. The molecule has 1 aromatic carbocycles. The number of alkyl halides is 3. The number of nitrogens with two attached hydrogens (primary N) is 1. The molecule has 3 N–H and O–H groups in total. The van der Waals surface area contributed by atoms with Crippen molar-refractivity contribution in [2.24, 2.45) is 10.7 Å². The van der Waals surface area contributed by atoms with Gasteiger partial charge in [0.25, 0.3) is 0 Å². The van der Waals surface area contributed by atoms with Crippen LogP contribution in [0.25, 0.3) is 17.2 Å². The molecule has 0 unspecified atom stereocenters. The number of rotatable bonds is 5. The van der Waals surface area contributed by atoms with Crippen LogP contribution in [0.15, 0.2) is 28.8 Å². The Labute approximate surface area is 171 Å². The highest BCUT2D eigenvalue weighted by Crippen LogP contribution is 2.48. The number of hydrogen-bond acceptors (Lipinski definition) is 4. The van der Waals surface area contributed by atoms with Crippen LogP contribution < -0.4 is 11.1 Å². The number of fused-ring (bicyclic) bond motifs is 1. The Balaban J connectivity index is 2.13. The van der Waals surface area contributed by atoms with Gasteiger partial charge in [-0.1, -0.05) is 19.1 Å². The summed E-state index contributed by atoms with van der Waals surface area (Å²) in [5, 5.41) is 2.83. The summed E-state index contributed by atoms with van der Waals surface area (Å²) >= 11 is 1.34. The van der Waals surface area contributed by atoms with Crippen molar-refractivity contribution >= 4 is 35.2 Å². The number of carbonyl (C=O) groups excluding carboxylic acids is 1. The second kappa shape index (κ2) is 8.51. The molecule has 154 valence electrons. The number of carbonyl (C=O) groups is 1. The van der Waals surface area contributed by atoms with Crippen LogP contribution in [0.2, 0.25) is 0 Å². The van der Waals surface area contributed by atoms with E-state index in [4.69, 9.17) is 5.73 Å². The minimum atomic E-state index is -4.52. The molecule has 4 nitrogen and oxygen atoms in total. The molecule has 2 heterocycles. The van der Waals surface area contributed by atoms with Crippen LogP contribution in [0.4, 0.5) is 18.9 Å². The Morgan fingerprint density at radius 1 is 1.34 bits per heavy atom. The zero-order valence-electron chi connectivity index (χ0n) is 16.2. The van der Waals surface area contributed by atoms with E-state index >= 15 is 0 Å². The van der Waals surface area contributed by atoms with E-state index in [0.717, 1.165) is 12.5 Å². The van der Waals surface area contributed by atoms with Gasteiger partial charge >= 0.3 is 6.18 Å². The number of benzene rings is 1. The van der Waals surface area contributed by atoms with Crippen LogP contribution in [0.3, 0.4) is 0 Å². The number of nitrogens with zero attached hydrogens (tertiary/aromatic N) is 1. The average molecular weight is 421 g/mol. The van der Waals surface area contributed by atoms with Gasteiger partial charge in [0.15, 0.2) is 0 Å². The Bertz CT molecular complexity index is 990. The zero-order chi connectivity index (χ0) is 21.2. The third-order valence-corrected chi connectivity index (χ3v) is 5.69. The van der Waals surface area contributed by atoms with Gasteiger partial charge in [-0.05, 0) is 36.6 Å². The number of halogens is 3. The molecule has 29 heavy (non-hydrogen) atoms. The Morgan fingerprint density at radius 2 is 2.10 bits per heavy atom. The summed E-state index contributed by atoms with van der Waals surface area (Å²) in [5.74, 6) is -0.179. The van der Waals surface area contributed by atoms with E-state index in [-0.39, 0.29) is 18.0 Å². The number of nitrogens with one attached hydrogen (secondary N) is 1. The molecule has 0 saturated carbocycles. The van der Waals surface area contributed by atoms with E-state index in [0.29, 0.717) is 45.1 Å². The van der Waals surface area contributed by atoms with E-state index < -0.39 is 11.7 Å². The minimum absolute atomic E-state index is 0.0290. The molecule has 2 aromatic rings. The van der Waals surface area contributed by atoms with Crippen molar-refractivity contribution in [3.05, 3.63) is 44.7 Å². The van der Waals surface area contributed by atoms with Crippen LogP contribution in [0, 0.1) is 6.92 Å². The van der Waals surface area contributed by atoms with E-state index in [9.17, 15) is 18.0 Å². The lowest BCUT2D eigenvalue weighted by Crippen LogP contribution is -2.25. The lowest BCUT2D eigenvalue weighted by Gasteiger charge is -2.15. The normalized spacial score (nSPS) is 13.7. The molecule has 0 spiro atoms. The molecule has 1 aliphatic rings. The summed E-state index contributed by atoms with van der Waals surface area (Å²) in [6.07, 6.45) is -0.0546. The summed E-state index contributed by atoms with van der Waals surface area (Å²) in [6, 6.07) is 4.16. The number of aliphatic imine (C=N–C) groups is 1. The number of amides is 1. The van der Waals surface area contributed by atoms with Crippen molar-refractivity contribution in [3.63, 3.8) is 0 Å². The smallest absolute Gasteiger partial charge is 0.352 e. The van der Waals surface area contributed by atoms with Crippen LogP contribution >= 0.6 is 11.3 Å². The summed E-state index contributed by atoms with van der Waals surface area (Å²) in [7, 11) is 0. The Hall–Kier alpha value is -2.45. The predicted octanol–water partition coefficient (Wildman–Crippen LogP) is 5.22. The maximum Gasteiger partial charge on any atom is 0.417 e. The number of hydrogen-bond donors (Lipinski definition) is 2. The van der Waals surface area contributed by atoms with Crippen LogP contribution in [0.1, 0.15) is 40.6 Å². The molecule has 0 fully saturated rings. The lowest BCUT2D eigenvalue weighted by atomic mass is 9.96. The fraction of sp³-hybridized carbons (Fsp3) is 0.333. The van der Waals surface area contributed by atoms with Crippen LogP contribution in [-0.2, 0) is 17.5 Å². The molecule has 3 rings (SSSR count). The largest absolute Gasteiger partial charge is 0.417 e. The highest BCUT2D eigenvalue weighted by Gasteiger charge is 2.35.